The number of carbonyl (C=O) groups excluding carboxylic acids is 1. The average molecular weight is 380 g/mol. The molecule has 0 saturated carbocycles. The van der Waals surface area contributed by atoms with Gasteiger partial charge in [-0.1, -0.05) is 26.8 Å². The van der Waals surface area contributed by atoms with E-state index in [0.717, 1.165) is 19.4 Å². The molecule has 5 atom stereocenters. The van der Waals surface area contributed by atoms with Crippen molar-refractivity contribution in [2.75, 3.05) is 26.7 Å². The fourth-order valence-electron chi connectivity index (χ4n) is 3.05. The first kappa shape index (κ1) is 25.1. The zero-order chi connectivity index (χ0) is 20.8. The Morgan fingerprint density at radius 3 is 2.56 bits per heavy atom. The van der Waals surface area contributed by atoms with Gasteiger partial charge in [0.15, 0.2) is 6.21 Å². The maximum absolute atomic E-state index is 12.7. The van der Waals surface area contributed by atoms with E-state index in [0.29, 0.717) is 13.1 Å². The Hall–Kier alpha value is -1.91. The Morgan fingerprint density at radius 1 is 1.37 bits per heavy atom. The highest BCUT2D eigenvalue weighted by Crippen LogP contribution is 2.15. The van der Waals surface area contributed by atoms with E-state index >= 15 is 0 Å². The van der Waals surface area contributed by atoms with Crippen LogP contribution in [0.5, 0.6) is 0 Å². The quantitative estimate of drug-likeness (QED) is 0.205. The number of nitrogens with zero attached hydrogens (tertiary/aromatic N) is 2. The summed E-state index contributed by atoms with van der Waals surface area (Å²) in [5.41, 5.74) is 6.18. The van der Waals surface area contributed by atoms with Crippen LogP contribution in [0.25, 0.3) is 0 Å². The summed E-state index contributed by atoms with van der Waals surface area (Å²) in [6.07, 6.45) is 4.88. The van der Waals surface area contributed by atoms with Crippen LogP contribution in [-0.4, -0.2) is 55.6 Å². The molecule has 27 heavy (non-hydrogen) atoms. The molecule has 0 spiro atoms. The molecule has 0 radical (unpaired) electrons. The van der Waals surface area contributed by atoms with E-state index in [2.05, 4.69) is 47.0 Å². The van der Waals surface area contributed by atoms with Crippen molar-refractivity contribution in [3.63, 3.8) is 0 Å². The van der Waals surface area contributed by atoms with Crippen molar-refractivity contribution in [3.8, 4) is 6.07 Å². The highest BCUT2D eigenvalue weighted by molar-refractivity contribution is 5.82. The third-order valence-electron chi connectivity index (χ3n) is 4.93. The molecule has 0 rings (SSSR count). The molecular weight excluding hydrogens is 340 g/mol. The first-order valence-electron chi connectivity index (χ1n) is 9.89. The molecule has 5 N–H and O–H groups in total. The number of amides is 1. The molecule has 0 aromatic heterocycles. The van der Waals surface area contributed by atoms with Crippen molar-refractivity contribution in [1.82, 2.24) is 16.0 Å². The molecule has 0 aromatic carbocycles. The minimum Gasteiger partial charge on any atom is -0.376 e. The van der Waals surface area contributed by atoms with Gasteiger partial charge in [-0.25, -0.2) is 4.58 Å². The zero-order valence-electron chi connectivity index (χ0n) is 17.7. The van der Waals surface area contributed by atoms with Crippen LogP contribution in [0, 0.1) is 29.1 Å². The maximum Gasteiger partial charge on any atom is 0.228 e. The predicted octanol–water partition coefficient (Wildman–Crippen LogP) is 1.02. The summed E-state index contributed by atoms with van der Waals surface area (Å²) in [6, 6.07) is 2.15. The molecule has 0 fully saturated rings. The van der Waals surface area contributed by atoms with Crippen molar-refractivity contribution >= 4 is 12.1 Å². The van der Waals surface area contributed by atoms with Gasteiger partial charge in [0.25, 0.3) is 0 Å². The summed E-state index contributed by atoms with van der Waals surface area (Å²) in [7, 11) is 1.99. The van der Waals surface area contributed by atoms with E-state index < -0.39 is 12.1 Å². The molecule has 5 unspecified atom stereocenters. The lowest BCUT2D eigenvalue weighted by atomic mass is 9.91. The second-order valence-corrected chi connectivity index (χ2v) is 7.11. The molecule has 0 heterocycles. The Bertz CT molecular complexity index is 513. The standard InChI is InChI=1S/C20H38N6O/c1-7-11-26(6)12-10-24-20(27)18(19(22)23-9-3)16(5)25-14-17(8-2)15(4)13-21/h9,12,15-19,23,25H,3,7-8,10-11,14,22H2,1-2,4-6H3/p+1. The number of hydrogen-bond donors (Lipinski definition) is 4. The van der Waals surface area contributed by atoms with Gasteiger partial charge in [-0.3, -0.25) is 4.79 Å². The van der Waals surface area contributed by atoms with Gasteiger partial charge in [0.05, 0.1) is 24.7 Å². The van der Waals surface area contributed by atoms with Crippen molar-refractivity contribution in [2.24, 2.45) is 23.5 Å². The normalized spacial score (nSPS) is 17.1. The lowest BCUT2D eigenvalue weighted by molar-refractivity contribution is -0.493. The average Bonchev–Trinajstić information content (AvgIpc) is 2.62. The lowest BCUT2D eigenvalue weighted by Gasteiger charge is -2.30. The third kappa shape index (κ3) is 9.55. The molecule has 1 amide bonds. The molecule has 0 aromatic rings. The molecule has 7 nitrogen and oxygen atoms in total. The van der Waals surface area contributed by atoms with E-state index in [1.165, 1.54) is 6.20 Å². The van der Waals surface area contributed by atoms with Gasteiger partial charge in [-0.15, -0.1) is 0 Å². The van der Waals surface area contributed by atoms with Gasteiger partial charge >= 0.3 is 0 Å². The fourth-order valence-corrected chi connectivity index (χ4v) is 3.05. The minimum absolute atomic E-state index is 0.0364. The minimum atomic E-state index is -0.549. The smallest absolute Gasteiger partial charge is 0.228 e. The summed E-state index contributed by atoms with van der Waals surface area (Å²) < 4.78 is 2.06. The largest absolute Gasteiger partial charge is 0.376 e. The maximum atomic E-state index is 12.7. The van der Waals surface area contributed by atoms with Crippen LogP contribution >= 0.6 is 0 Å². The van der Waals surface area contributed by atoms with Crippen LogP contribution in [0.4, 0.5) is 0 Å². The third-order valence-corrected chi connectivity index (χ3v) is 4.93. The molecule has 0 saturated heterocycles. The molecule has 154 valence electrons. The molecule has 0 bridgehead atoms. The lowest BCUT2D eigenvalue weighted by Crippen LogP contribution is -2.56. The number of nitrogens with two attached hydrogens (primary N) is 1. The highest BCUT2D eigenvalue weighted by atomic mass is 16.2. The highest BCUT2D eigenvalue weighted by Gasteiger charge is 2.31. The second kappa shape index (κ2) is 14.2. The number of rotatable bonds is 14. The molecule has 0 aliphatic rings. The Balaban J connectivity index is 4.96. The molecule has 7 heteroatoms. The summed E-state index contributed by atoms with van der Waals surface area (Å²) in [5, 5.41) is 18.4. The van der Waals surface area contributed by atoms with Crippen molar-refractivity contribution in [1.29, 1.82) is 5.26 Å². The summed E-state index contributed by atoms with van der Waals surface area (Å²) in [5.74, 6) is -0.381. The SMILES string of the molecule is C=CNC(N)C(C(=O)NCC=[N+](C)CCC)C(C)NCC(CC)C(C)C#N. The number of carbonyl (C=O) groups is 1. The van der Waals surface area contributed by atoms with Crippen LogP contribution in [0.1, 0.15) is 40.5 Å². The van der Waals surface area contributed by atoms with E-state index in [4.69, 9.17) is 11.0 Å². The van der Waals surface area contributed by atoms with Crippen molar-refractivity contribution < 1.29 is 9.37 Å². The van der Waals surface area contributed by atoms with E-state index in [-0.39, 0.29) is 23.8 Å². The monoisotopic (exact) mass is 379 g/mol. The van der Waals surface area contributed by atoms with Crippen LogP contribution in [0.2, 0.25) is 0 Å². The Kier molecular flexibility index (Phi) is 13.2. The van der Waals surface area contributed by atoms with Gasteiger partial charge in [-0.2, -0.15) is 5.26 Å². The first-order valence-corrected chi connectivity index (χ1v) is 9.89. The second-order valence-electron chi connectivity index (χ2n) is 7.11. The molecule has 0 aliphatic heterocycles. The molecule has 0 aliphatic carbocycles. The van der Waals surface area contributed by atoms with Gasteiger partial charge < -0.3 is 21.7 Å². The van der Waals surface area contributed by atoms with Crippen molar-refractivity contribution in [2.45, 2.75) is 52.7 Å². The van der Waals surface area contributed by atoms with E-state index in [1.807, 2.05) is 27.1 Å². The van der Waals surface area contributed by atoms with Crippen LogP contribution in [-0.2, 0) is 4.79 Å². The van der Waals surface area contributed by atoms with E-state index in [1.54, 1.807) is 0 Å². The first-order chi connectivity index (χ1) is 12.8. The van der Waals surface area contributed by atoms with Crippen LogP contribution < -0.4 is 21.7 Å². The van der Waals surface area contributed by atoms with Gasteiger partial charge in [0.2, 0.25) is 5.91 Å². The number of nitrogens with one attached hydrogen (secondary N) is 3. The predicted molar refractivity (Wildman–Crippen MR) is 111 cm³/mol. The van der Waals surface area contributed by atoms with Crippen LogP contribution in [0.3, 0.4) is 0 Å². The Labute approximate surface area is 165 Å². The van der Waals surface area contributed by atoms with Crippen molar-refractivity contribution in [3.05, 3.63) is 12.8 Å². The van der Waals surface area contributed by atoms with E-state index in [9.17, 15) is 4.79 Å². The fraction of sp³-hybridized carbons (Fsp3) is 0.750. The number of hydrogen-bond acceptors (Lipinski definition) is 5. The topological polar surface area (TPSA) is 106 Å². The Morgan fingerprint density at radius 2 is 2.04 bits per heavy atom. The van der Waals surface area contributed by atoms with Gasteiger partial charge in [0.1, 0.15) is 13.6 Å². The number of nitriles is 1. The molecular formula is C20H39N6O+. The van der Waals surface area contributed by atoms with Gasteiger partial charge in [-0.05, 0) is 32.5 Å². The summed E-state index contributed by atoms with van der Waals surface area (Å²) in [6.45, 7) is 13.8. The summed E-state index contributed by atoms with van der Waals surface area (Å²) >= 11 is 0. The summed E-state index contributed by atoms with van der Waals surface area (Å²) in [4.78, 5) is 12.7. The van der Waals surface area contributed by atoms with Crippen LogP contribution in [0.15, 0.2) is 12.8 Å². The zero-order valence-corrected chi connectivity index (χ0v) is 17.7. The van der Waals surface area contributed by atoms with Gasteiger partial charge in [0, 0.05) is 18.4 Å².